The van der Waals surface area contributed by atoms with E-state index < -0.39 is 0 Å². The number of para-hydroxylation sites is 1. The van der Waals surface area contributed by atoms with Crippen LogP contribution in [0.15, 0.2) is 41.2 Å². The monoisotopic (exact) mass is 281 g/mol. The number of rotatable bonds is 2. The van der Waals surface area contributed by atoms with Gasteiger partial charge in [-0.1, -0.05) is 25.1 Å². The second kappa shape index (κ2) is 8.24. The van der Waals surface area contributed by atoms with E-state index in [1.165, 1.54) is 0 Å². The van der Waals surface area contributed by atoms with Crippen molar-refractivity contribution in [2.45, 2.75) is 17.9 Å². The van der Waals surface area contributed by atoms with Gasteiger partial charge >= 0.3 is 0 Å². The highest BCUT2D eigenvalue weighted by atomic mass is 32.2. The molecule has 0 aromatic heterocycles. The van der Waals surface area contributed by atoms with Crippen LogP contribution in [0.4, 0.5) is 5.69 Å². The second-order valence-corrected chi connectivity index (χ2v) is 5.39. The summed E-state index contributed by atoms with van der Waals surface area (Å²) in [6, 6.07) is 7.99. The Morgan fingerprint density at radius 1 is 1.33 bits per heavy atom. The highest BCUT2D eigenvalue weighted by Crippen LogP contribution is 2.16. The fourth-order valence-corrected chi connectivity index (χ4v) is 1.24. The molecule has 0 saturated carbocycles. The first-order valence-corrected chi connectivity index (χ1v) is 6.85. The fourth-order valence-electron chi connectivity index (χ4n) is 1.24. The highest BCUT2D eigenvalue weighted by Gasteiger charge is 2.03. The average molecular weight is 281 g/mol. The van der Waals surface area contributed by atoms with Crippen molar-refractivity contribution in [3.8, 4) is 0 Å². The van der Waals surface area contributed by atoms with Gasteiger partial charge in [0.25, 0.3) is 0 Å². The van der Waals surface area contributed by atoms with Gasteiger partial charge < -0.3 is 11.1 Å². The van der Waals surface area contributed by atoms with E-state index in [2.05, 4.69) is 35.6 Å². The van der Waals surface area contributed by atoms with Crippen LogP contribution in [-0.2, 0) is 0 Å². The quantitative estimate of drug-likeness (QED) is 0.498. The zero-order chi connectivity index (χ0) is 13.4. The zero-order valence-electron chi connectivity index (χ0n) is 10.4. The van der Waals surface area contributed by atoms with Crippen LogP contribution in [0.3, 0.4) is 0 Å². The standard InChI is InChI=1S/C10H11N3.C3H8S2/c11-5-9-7-12-6-8-3-1-2-4-10(8)13-9;1-2-3(4)5/h1-4,6-7,13H,5,11H2;3-5H,2H2,1H3. The first-order chi connectivity index (χ1) is 8.67. The van der Waals surface area contributed by atoms with Crippen molar-refractivity contribution in [1.29, 1.82) is 0 Å². The molecule has 1 aliphatic rings. The largest absolute Gasteiger partial charge is 0.356 e. The molecular weight excluding hydrogens is 262 g/mol. The Hall–Kier alpha value is -0.910. The van der Waals surface area contributed by atoms with Gasteiger partial charge in [0.05, 0.1) is 0 Å². The van der Waals surface area contributed by atoms with E-state index in [4.69, 9.17) is 5.73 Å². The number of nitrogens with zero attached hydrogens (tertiary/aromatic N) is 1. The average Bonchev–Trinajstić information content (AvgIpc) is 2.60. The molecule has 98 valence electrons. The summed E-state index contributed by atoms with van der Waals surface area (Å²) in [5.74, 6) is 0. The van der Waals surface area contributed by atoms with Crippen LogP contribution in [0.1, 0.15) is 18.9 Å². The lowest BCUT2D eigenvalue weighted by atomic mass is 10.2. The molecular formula is C13H19N3S2. The third-order valence-electron chi connectivity index (χ3n) is 2.29. The maximum atomic E-state index is 5.53. The molecule has 0 saturated heterocycles. The van der Waals surface area contributed by atoms with Gasteiger partial charge in [0.15, 0.2) is 0 Å². The van der Waals surface area contributed by atoms with Crippen LogP contribution in [0.5, 0.6) is 0 Å². The number of benzene rings is 1. The van der Waals surface area contributed by atoms with Crippen molar-refractivity contribution >= 4 is 37.2 Å². The maximum absolute atomic E-state index is 5.53. The molecule has 0 aliphatic carbocycles. The maximum Gasteiger partial charge on any atom is 0.0475 e. The summed E-state index contributed by atoms with van der Waals surface area (Å²) < 4.78 is 0.273. The molecule has 0 fully saturated rings. The predicted octanol–water partition coefficient (Wildman–Crippen LogP) is 2.91. The van der Waals surface area contributed by atoms with E-state index in [9.17, 15) is 0 Å². The minimum atomic E-state index is 0.273. The number of hydrogen-bond acceptors (Lipinski definition) is 5. The van der Waals surface area contributed by atoms with Gasteiger partial charge in [-0.2, -0.15) is 25.3 Å². The van der Waals surface area contributed by atoms with Gasteiger partial charge in [0.2, 0.25) is 0 Å². The van der Waals surface area contributed by atoms with Crippen molar-refractivity contribution in [2.24, 2.45) is 10.7 Å². The molecule has 3 N–H and O–H groups in total. The van der Waals surface area contributed by atoms with E-state index in [-0.39, 0.29) is 4.58 Å². The van der Waals surface area contributed by atoms with E-state index in [0.29, 0.717) is 6.54 Å². The van der Waals surface area contributed by atoms with Crippen LogP contribution in [-0.4, -0.2) is 17.3 Å². The lowest BCUT2D eigenvalue weighted by Crippen LogP contribution is -2.11. The molecule has 0 unspecified atom stereocenters. The minimum Gasteiger partial charge on any atom is -0.356 e. The van der Waals surface area contributed by atoms with Crippen molar-refractivity contribution in [1.82, 2.24) is 0 Å². The molecule has 0 radical (unpaired) electrons. The van der Waals surface area contributed by atoms with E-state index in [1.54, 1.807) is 6.20 Å². The van der Waals surface area contributed by atoms with Gasteiger partial charge in [-0.15, -0.1) is 0 Å². The minimum absolute atomic E-state index is 0.273. The normalized spacial score (nSPS) is 12.8. The molecule has 0 amide bonds. The summed E-state index contributed by atoms with van der Waals surface area (Å²) in [6.45, 7) is 2.52. The van der Waals surface area contributed by atoms with Crippen LogP contribution in [0.2, 0.25) is 0 Å². The lowest BCUT2D eigenvalue weighted by molar-refractivity contribution is 1.07. The SMILES string of the molecule is CCC(S)S.NCC1=CN=Cc2ccccc2N1. The fraction of sp³-hybridized carbons (Fsp3) is 0.308. The number of hydrogen-bond donors (Lipinski definition) is 4. The van der Waals surface area contributed by atoms with Gasteiger partial charge in [0, 0.05) is 40.5 Å². The van der Waals surface area contributed by atoms with Gasteiger partial charge in [0.1, 0.15) is 0 Å². The van der Waals surface area contributed by atoms with Gasteiger partial charge in [-0.3, -0.25) is 4.99 Å². The molecule has 18 heavy (non-hydrogen) atoms. The predicted molar refractivity (Wildman–Crippen MR) is 86.8 cm³/mol. The smallest absolute Gasteiger partial charge is 0.0475 e. The van der Waals surface area contributed by atoms with Crippen LogP contribution >= 0.6 is 25.3 Å². The number of nitrogens with one attached hydrogen (secondary N) is 1. The van der Waals surface area contributed by atoms with Crippen molar-refractivity contribution < 1.29 is 0 Å². The Labute approximate surface area is 119 Å². The number of anilines is 1. The molecule has 1 heterocycles. The zero-order valence-corrected chi connectivity index (χ0v) is 12.2. The molecule has 0 spiro atoms. The number of nitrogens with two attached hydrogens (primary N) is 1. The number of thiol groups is 2. The van der Waals surface area contributed by atoms with Crippen LogP contribution in [0, 0.1) is 0 Å². The van der Waals surface area contributed by atoms with Crippen LogP contribution in [0.25, 0.3) is 0 Å². The third kappa shape index (κ3) is 5.16. The Morgan fingerprint density at radius 2 is 2.00 bits per heavy atom. The molecule has 1 aromatic carbocycles. The topological polar surface area (TPSA) is 50.4 Å². The molecule has 0 atom stereocenters. The second-order valence-electron chi connectivity index (χ2n) is 3.74. The molecule has 3 nitrogen and oxygen atoms in total. The summed E-state index contributed by atoms with van der Waals surface area (Å²) >= 11 is 7.92. The van der Waals surface area contributed by atoms with Crippen molar-refractivity contribution in [3.05, 3.63) is 41.7 Å². The van der Waals surface area contributed by atoms with Gasteiger partial charge in [-0.05, 0) is 12.5 Å². The molecule has 5 heteroatoms. The summed E-state index contributed by atoms with van der Waals surface area (Å²) in [4.78, 5) is 4.13. The molecule has 0 bridgehead atoms. The molecule has 1 aromatic rings. The summed E-state index contributed by atoms with van der Waals surface area (Å²) in [6.07, 6.45) is 4.61. The molecule has 1 aliphatic heterocycles. The van der Waals surface area contributed by atoms with E-state index >= 15 is 0 Å². The Kier molecular flexibility index (Phi) is 6.93. The molecule has 2 rings (SSSR count). The highest BCUT2D eigenvalue weighted by molar-refractivity contribution is 7.99. The Bertz CT molecular complexity index is 428. The summed E-state index contributed by atoms with van der Waals surface area (Å²) in [5, 5.41) is 3.22. The first-order valence-electron chi connectivity index (χ1n) is 5.81. The van der Waals surface area contributed by atoms with Gasteiger partial charge in [-0.25, -0.2) is 0 Å². The summed E-state index contributed by atoms with van der Waals surface area (Å²) in [5.41, 5.74) is 8.60. The first kappa shape index (κ1) is 15.1. The number of fused-ring (bicyclic) bond motifs is 1. The van der Waals surface area contributed by atoms with E-state index in [0.717, 1.165) is 23.4 Å². The van der Waals surface area contributed by atoms with Crippen molar-refractivity contribution in [3.63, 3.8) is 0 Å². The van der Waals surface area contributed by atoms with E-state index in [1.807, 2.05) is 37.4 Å². The Balaban J connectivity index is 0.000000280. The van der Waals surface area contributed by atoms with Crippen molar-refractivity contribution in [2.75, 3.05) is 11.9 Å². The van der Waals surface area contributed by atoms with Crippen LogP contribution < -0.4 is 11.1 Å². The lowest BCUT2D eigenvalue weighted by Gasteiger charge is -2.07. The third-order valence-corrected chi connectivity index (χ3v) is 3.02. The summed E-state index contributed by atoms with van der Waals surface area (Å²) in [7, 11) is 0. The number of aliphatic imine (C=N–C) groups is 1. The Morgan fingerprint density at radius 3 is 2.61 bits per heavy atom.